The van der Waals surface area contributed by atoms with Crippen molar-refractivity contribution in [2.45, 2.75) is 52.9 Å². The minimum absolute atomic E-state index is 0. The van der Waals surface area contributed by atoms with E-state index in [1.54, 1.807) is 0 Å². The summed E-state index contributed by atoms with van der Waals surface area (Å²) in [7, 11) is -1.19. The molecule has 0 aromatic rings. The van der Waals surface area contributed by atoms with Crippen LogP contribution >= 0.6 is 0 Å². The van der Waals surface area contributed by atoms with E-state index < -0.39 is 8.07 Å². The molecule has 0 saturated carbocycles. The molecule has 0 spiro atoms. The number of hydrogen-bond acceptors (Lipinski definition) is 1. The average Bonchev–Trinajstić information content (AvgIpc) is 1.82. The van der Waals surface area contributed by atoms with Crippen molar-refractivity contribution in [2.75, 3.05) is 0 Å². The van der Waals surface area contributed by atoms with E-state index >= 15 is 0 Å². The van der Waals surface area contributed by atoms with Gasteiger partial charge in [0, 0.05) is 0 Å². The summed E-state index contributed by atoms with van der Waals surface area (Å²) in [5, 5.41) is 1.29. The summed E-state index contributed by atoms with van der Waals surface area (Å²) in [5.41, 5.74) is 2.93. The van der Waals surface area contributed by atoms with Gasteiger partial charge in [0.2, 0.25) is 0 Å². The Hall–Kier alpha value is 0.134. The molecule has 0 radical (unpaired) electrons. The fourth-order valence-corrected chi connectivity index (χ4v) is 0.869. The summed E-state index contributed by atoms with van der Waals surface area (Å²) >= 11 is 0. The van der Waals surface area contributed by atoms with Crippen LogP contribution in [0.1, 0.15) is 27.7 Å². The second kappa shape index (κ2) is 5.88. The van der Waals surface area contributed by atoms with E-state index in [0.717, 1.165) is 0 Å². The van der Waals surface area contributed by atoms with Crippen LogP contribution in [0.3, 0.4) is 0 Å². The van der Waals surface area contributed by atoms with Crippen molar-refractivity contribution >= 4 is 8.07 Å². The molecule has 14 heavy (non-hydrogen) atoms. The molecule has 76 valence electrons. The largest absolute Gasteiger partial charge is 1.00 e. The molecule has 0 aromatic heterocycles. The van der Waals surface area contributed by atoms with Crippen LogP contribution in [-0.4, -0.2) is 13.7 Å². The topological polar surface area (TPSA) is 9.23 Å². The van der Waals surface area contributed by atoms with E-state index in [1.807, 2.05) is 20.8 Å². The predicted octanol–water partition coefficient (Wildman–Crippen LogP) is 0.545. The summed E-state index contributed by atoms with van der Waals surface area (Å²) < 4.78 is 5.34. The summed E-state index contributed by atoms with van der Waals surface area (Å²) in [6.07, 6.45) is 2.78. The van der Waals surface area contributed by atoms with Crippen molar-refractivity contribution in [3.8, 4) is 0 Å². The van der Waals surface area contributed by atoms with Crippen molar-refractivity contribution in [1.82, 2.24) is 0 Å². The quantitative estimate of drug-likeness (QED) is 0.276. The van der Waals surface area contributed by atoms with E-state index in [2.05, 4.69) is 38.6 Å². The van der Waals surface area contributed by atoms with Gasteiger partial charge in [-0.25, -0.2) is 0 Å². The molecule has 0 aromatic carbocycles. The van der Waals surface area contributed by atoms with Crippen molar-refractivity contribution in [2.24, 2.45) is 0 Å². The van der Waals surface area contributed by atoms with Crippen LogP contribution in [0.15, 0.2) is 10.9 Å². The monoisotopic (exact) mass is 204 g/mol. The Bertz CT molecular complexity index is 227. The van der Waals surface area contributed by atoms with Gasteiger partial charge in [0.15, 0.2) is 0 Å². The minimum Gasteiger partial charge on any atom is -0.581 e. The molecule has 0 aliphatic heterocycles. The summed E-state index contributed by atoms with van der Waals surface area (Å²) in [5.74, 6) is 0. The van der Waals surface area contributed by atoms with Crippen molar-refractivity contribution in [3.63, 3.8) is 0 Å². The Balaban J connectivity index is 0. The molecule has 0 unspecified atom stereocenters. The number of rotatable bonds is 2. The molecule has 0 rings (SSSR count). The SMILES string of the molecule is CC(=C=[C-]OC(C)(C)C)[Si](C)(C)C.[Li+]. The zero-order valence-corrected chi connectivity index (χ0v) is 11.9. The smallest absolute Gasteiger partial charge is 0.581 e. The zero-order valence-electron chi connectivity index (χ0n) is 10.9. The van der Waals surface area contributed by atoms with Gasteiger partial charge in [-0.3, -0.25) is 5.73 Å². The van der Waals surface area contributed by atoms with Crippen molar-refractivity contribution < 1.29 is 23.6 Å². The van der Waals surface area contributed by atoms with Crippen LogP contribution in [-0.2, 0) is 4.74 Å². The van der Waals surface area contributed by atoms with Gasteiger partial charge in [-0.05, 0) is 35.1 Å². The summed E-state index contributed by atoms with van der Waals surface area (Å²) in [6, 6.07) is 0. The molecule has 0 aliphatic carbocycles. The molecule has 0 aliphatic rings. The third-order valence-electron chi connectivity index (χ3n) is 1.72. The van der Waals surface area contributed by atoms with Gasteiger partial charge < -0.3 is 4.74 Å². The molecule has 1 nitrogen and oxygen atoms in total. The Labute approximate surface area is 102 Å². The molecule has 0 saturated heterocycles. The first-order valence-corrected chi connectivity index (χ1v) is 8.16. The predicted molar refractivity (Wildman–Crippen MR) is 60.1 cm³/mol. The Morgan fingerprint density at radius 3 is 1.93 bits per heavy atom. The van der Waals surface area contributed by atoms with Gasteiger partial charge in [0.25, 0.3) is 0 Å². The van der Waals surface area contributed by atoms with E-state index in [9.17, 15) is 0 Å². The van der Waals surface area contributed by atoms with Crippen LogP contribution < -0.4 is 18.9 Å². The molecule has 0 amide bonds. The molecule has 0 atom stereocenters. The molecule has 0 fully saturated rings. The third kappa shape index (κ3) is 8.72. The maximum absolute atomic E-state index is 5.34. The van der Waals surface area contributed by atoms with Crippen molar-refractivity contribution in [3.05, 3.63) is 17.2 Å². The normalized spacial score (nSPS) is 11.1. The van der Waals surface area contributed by atoms with Gasteiger partial charge in [-0.15, -0.1) is 6.92 Å². The fourth-order valence-electron chi connectivity index (χ4n) is 0.443. The molecular formula is C11H21LiOSi. The summed E-state index contributed by atoms with van der Waals surface area (Å²) in [4.78, 5) is 0. The number of ether oxygens (including phenoxy) is 1. The van der Waals surface area contributed by atoms with E-state index in [0.29, 0.717) is 0 Å². The first kappa shape index (κ1) is 16.6. The molecule has 3 heteroatoms. The summed E-state index contributed by atoms with van der Waals surface area (Å²) in [6.45, 7) is 15.0. The van der Waals surface area contributed by atoms with E-state index in [1.165, 1.54) is 5.20 Å². The standard InChI is InChI=1S/C11H21OSi.Li/c1-10(13(5,6)7)8-9-12-11(2,3)4;/h1-7H3;/q-1;+1. The van der Waals surface area contributed by atoms with E-state index in [-0.39, 0.29) is 24.5 Å². The van der Waals surface area contributed by atoms with Crippen LogP contribution in [0.5, 0.6) is 0 Å². The third-order valence-corrected chi connectivity index (χ3v) is 4.10. The van der Waals surface area contributed by atoms with E-state index in [4.69, 9.17) is 4.74 Å². The molecule has 0 bridgehead atoms. The van der Waals surface area contributed by atoms with Crippen LogP contribution in [0.4, 0.5) is 0 Å². The zero-order chi connectivity index (χ0) is 10.7. The van der Waals surface area contributed by atoms with Crippen LogP contribution in [0.2, 0.25) is 19.6 Å². The first-order valence-electron chi connectivity index (χ1n) is 4.66. The van der Waals surface area contributed by atoms with Gasteiger partial charge in [-0.1, -0.05) is 19.6 Å². The minimum atomic E-state index is -1.19. The Morgan fingerprint density at radius 2 is 1.64 bits per heavy atom. The number of allylic oxidation sites excluding steroid dienone is 1. The molecule has 0 heterocycles. The Kier molecular flexibility index (Phi) is 6.96. The fraction of sp³-hybridized carbons (Fsp3) is 0.727. The van der Waals surface area contributed by atoms with Crippen LogP contribution in [0.25, 0.3) is 0 Å². The second-order valence-electron chi connectivity index (χ2n) is 5.32. The maximum Gasteiger partial charge on any atom is 1.00 e. The second-order valence-corrected chi connectivity index (χ2v) is 10.6. The molecular weight excluding hydrogens is 183 g/mol. The van der Waals surface area contributed by atoms with Gasteiger partial charge in [0.05, 0.1) is 5.60 Å². The van der Waals surface area contributed by atoms with Gasteiger partial charge in [0.1, 0.15) is 0 Å². The average molecular weight is 204 g/mol. The van der Waals surface area contributed by atoms with Gasteiger partial charge >= 0.3 is 18.9 Å². The maximum atomic E-state index is 5.34. The van der Waals surface area contributed by atoms with Crippen LogP contribution in [0, 0.1) is 6.26 Å². The number of hydrogen-bond donors (Lipinski definition) is 0. The first-order chi connectivity index (χ1) is 5.63. The molecule has 0 N–H and O–H groups in total. The Morgan fingerprint density at radius 1 is 1.21 bits per heavy atom. The van der Waals surface area contributed by atoms with Gasteiger partial charge in [-0.2, -0.15) is 5.20 Å². The van der Waals surface area contributed by atoms with Crippen molar-refractivity contribution in [1.29, 1.82) is 0 Å².